The molecule has 5 N–H and O–H groups in total. The van der Waals surface area contributed by atoms with E-state index in [2.05, 4.69) is 15.0 Å². The fraction of sp³-hybridized carbons (Fsp3) is 0.500. The molecule has 3 rings (SSSR count). The summed E-state index contributed by atoms with van der Waals surface area (Å²) >= 11 is 0. The Morgan fingerprint density at radius 1 is 1.63 bits per heavy atom. The Balaban J connectivity index is 2.05. The standard InChI is InChI=1S/C10H13N5O4/c11-10-13-8-7(9(18)14-10)12-3-15(8)6-1-4(17)5(2-16)19-6/h3-6,16-17H,1-2H2,(H3,11,13,14,18)/t4-,5?,6?/m1/s1. The van der Waals surface area contributed by atoms with Crippen LogP contribution in [0.15, 0.2) is 11.1 Å². The van der Waals surface area contributed by atoms with Crippen LogP contribution < -0.4 is 11.3 Å². The number of nitrogens with zero attached hydrogens (tertiary/aromatic N) is 3. The van der Waals surface area contributed by atoms with Crippen LogP contribution in [0.25, 0.3) is 11.2 Å². The molecular formula is C10H13N5O4. The summed E-state index contributed by atoms with van der Waals surface area (Å²) in [6.07, 6.45) is -0.270. The zero-order valence-corrected chi connectivity index (χ0v) is 9.85. The number of H-pyrrole nitrogens is 1. The molecule has 3 heterocycles. The number of fused-ring (bicyclic) bond motifs is 1. The van der Waals surface area contributed by atoms with E-state index in [1.165, 1.54) is 10.9 Å². The summed E-state index contributed by atoms with van der Waals surface area (Å²) in [5, 5.41) is 18.8. The maximum Gasteiger partial charge on any atom is 0.280 e. The summed E-state index contributed by atoms with van der Waals surface area (Å²) in [4.78, 5) is 22.0. The number of nitrogens with one attached hydrogen (secondary N) is 1. The van der Waals surface area contributed by atoms with E-state index in [0.717, 1.165) is 0 Å². The van der Waals surface area contributed by atoms with Gasteiger partial charge in [-0.25, -0.2) is 4.98 Å². The van der Waals surface area contributed by atoms with Crippen molar-refractivity contribution in [3.05, 3.63) is 16.7 Å². The molecule has 3 atom stereocenters. The fourth-order valence-electron chi connectivity index (χ4n) is 2.20. The Labute approximate surface area is 106 Å². The molecule has 1 saturated heterocycles. The summed E-state index contributed by atoms with van der Waals surface area (Å²) in [6.45, 7) is -0.277. The average Bonchev–Trinajstić information content (AvgIpc) is 2.92. The Hall–Kier alpha value is -1.97. The van der Waals surface area contributed by atoms with Gasteiger partial charge in [0.1, 0.15) is 12.3 Å². The van der Waals surface area contributed by atoms with Crippen LogP contribution in [0.3, 0.4) is 0 Å². The normalized spacial score (nSPS) is 27.2. The molecule has 1 aliphatic heterocycles. The maximum absolute atomic E-state index is 11.6. The largest absolute Gasteiger partial charge is 0.394 e. The van der Waals surface area contributed by atoms with Crippen molar-refractivity contribution >= 4 is 17.1 Å². The summed E-state index contributed by atoms with van der Waals surface area (Å²) < 4.78 is 7.01. The fourth-order valence-corrected chi connectivity index (χ4v) is 2.20. The maximum atomic E-state index is 11.6. The van der Waals surface area contributed by atoms with Crippen LogP contribution in [0.1, 0.15) is 12.6 Å². The van der Waals surface area contributed by atoms with E-state index < -0.39 is 24.0 Å². The number of nitrogen functional groups attached to an aromatic ring is 1. The molecule has 2 unspecified atom stereocenters. The lowest BCUT2D eigenvalue weighted by molar-refractivity contribution is -0.0432. The molecule has 0 amide bonds. The van der Waals surface area contributed by atoms with Crippen molar-refractivity contribution in [2.45, 2.75) is 24.9 Å². The van der Waals surface area contributed by atoms with Crippen LogP contribution >= 0.6 is 0 Å². The van der Waals surface area contributed by atoms with E-state index in [1.807, 2.05) is 0 Å². The van der Waals surface area contributed by atoms with Gasteiger partial charge in [0.15, 0.2) is 11.2 Å². The van der Waals surface area contributed by atoms with Gasteiger partial charge in [0, 0.05) is 6.42 Å². The van der Waals surface area contributed by atoms with Crippen LogP contribution in [0, 0.1) is 0 Å². The molecule has 102 valence electrons. The molecule has 0 aliphatic carbocycles. The van der Waals surface area contributed by atoms with E-state index in [1.54, 1.807) is 0 Å². The number of aromatic nitrogens is 4. The summed E-state index contributed by atoms with van der Waals surface area (Å²) in [6, 6.07) is 0. The van der Waals surface area contributed by atoms with Gasteiger partial charge in [-0.2, -0.15) is 4.98 Å². The van der Waals surface area contributed by atoms with Gasteiger partial charge >= 0.3 is 0 Å². The van der Waals surface area contributed by atoms with Gasteiger partial charge in [-0.1, -0.05) is 0 Å². The number of nitrogens with two attached hydrogens (primary N) is 1. The van der Waals surface area contributed by atoms with Crippen molar-refractivity contribution < 1.29 is 14.9 Å². The van der Waals surface area contributed by atoms with E-state index in [-0.39, 0.29) is 30.1 Å². The number of hydrogen-bond donors (Lipinski definition) is 4. The lowest BCUT2D eigenvalue weighted by Crippen LogP contribution is -2.24. The van der Waals surface area contributed by atoms with Crippen LogP contribution in [0.2, 0.25) is 0 Å². The molecule has 0 aromatic carbocycles. The molecular weight excluding hydrogens is 254 g/mol. The number of hydrogen-bond acceptors (Lipinski definition) is 7. The average molecular weight is 267 g/mol. The lowest BCUT2D eigenvalue weighted by Gasteiger charge is -2.13. The van der Waals surface area contributed by atoms with E-state index in [0.29, 0.717) is 0 Å². The molecule has 9 heteroatoms. The molecule has 0 spiro atoms. The van der Waals surface area contributed by atoms with Crippen LogP contribution in [-0.2, 0) is 4.74 Å². The molecule has 0 bridgehead atoms. The number of aromatic amines is 1. The lowest BCUT2D eigenvalue weighted by atomic mass is 10.2. The van der Waals surface area contributed by atoms with Crippen molar-refractivity contribution in [1.82, 2.24) is 19.5 Å². The molecule has 2 aromatic heterocycles. The third kappa shape index (κ3) is 1.87. The Kier molecular flexibility index (Phi) is 2.73. The number of ether oxygens (including phenoxy) is 1. The van der Waals surface area contributed by atoms with Gasteiger partial charge in [0.2, 0.25) is 5.95 Å². The first-order valence-corrected chi connectivity index (χ1v) is 5.77. The van der Waals surface area contributed by atoms with Crippen molar-refractivity contribution in [3.8, 4) is 0 Å². The highest BCUT2D eigenvalue weighted by atomic mass is 16.5. The second-order valence-electron chi connectivity index (χ2n) is 4.39. The molecule has 0 saturated carbocycles. The number of aliphatic hydroxyl groups is 2. The first kappa shape index (κ1) is 12.1. The molecule has 1 fully saturated rings. The molecule has 9 nitrogen and oxygen atoms in total. The van der Waals surface area contributed by atoms with Gasteiger partial charge < -0.3 is 20.7 Å². The zero-order valence-electron chi connectivity index (χ0n) is 9.85. The summed E-state index contributed by atoms with van der Waals surface area (Å²) in [5.41, 5.74) is 5.50. The highest BCUT2D eigenvalue weighted by Gasteiger charge is 2.35. The second-order valence-corrected chi connectivity index (χ2v) is 4.39. The predicted molar refractivity (Wildman–Crippen MR) is 64.2 cm³/mol. The third-order valence-corrected chi connectivity index (χ3v) is 3.15. The highest BCUT2D eigenvalue weighted by Crippen LogP contribution is 2.30. The third-order valence-electron chi connectivity index (χ3n) is 3.15. The van der Waals surface area contributed by atoms with Crippen LogP contribution in [0.4, 0.5) is 5.95 Å². The monoisotopic (exact) mass is 267 g/mol. The first-order valence-electron chi connectivity index (χ1n) is 5.77. The zero-order chi connectivity index (χ0) is 13.6. The second kappa shape index (κ2) is 4.30. The minimum atomic E-state index is -0.771. The van der Waals surface area contributed by atoms with Gasteiger partial charge in [0.05, 0.1) is 19.0 Å². The number of aliphatic hydroxyl groups excluding tert-OH is 2. The minimum Gasteiger partial charge on any atom is -0.394 e. The van der Waals surface area contributed by atoms with E-state index >= 15 is 0 Å². The SMILES string of the molecule is Nc1nc2c(ncn2C2C[C@@H](O)C(CO)O2)c(=O)[nH]1. The Bertz CT molecular complexity index is 665. The molecule has 19 heavy (non-hydrogen) atoms. The quantitative estimate of drug-likeness (QED) is 0.510. The topological polar surface area (TPSA) is 139 Å². The Morgan fingerprint density at radius 3 is 3.11 bits per heavy atom. The van der Waals surface area contributed by atoms with Gasteiger partial charge in [-0.15, -0.1) is 0 Å². The molecule has 0 radical (unpaired) electrons. The van der Waals surface area contributed by atoms with Crippen molar-refractivity contribution in [1.29, 1.82) is 0 Å². The van der Waals surface area contributed by atoms with Crippen LogP contribution in [-0.4, -0.2) is 48.5 Å². The van der Waals surface area contributed by atoms with Crippen molar-refractivity contribution in [2.75, 3.05) is 12.3 Å². The number of rotatable bonds is 2. The Morgan fingerprint density at radius 2 is 2.42 bits per heavy atom. The van der Waals surface area contributed by atoms with Gasteiger partial charge in [-0.05, 0) is 0 Å². The molecule has 1 aliphatic rings. The summed E-state index contributed by atoms with van der Waals surface area (Å²) in [7, 11) is 0. The highest BCUT2D eigenvalue weighted by molar-refractivity contribution is 5.70. The van der Waals surface area contributed by atoms with Gasteiger partial charge in [0.25, 0.3) is 5.56 Å². The van der Waals surface area contributed by atoms with Crippen LogP contribution in [0.5, 0.6) is 0 Å². The number of anilines is 1. The smallest absolute Gasteiger partial charge is 0.280 e. The first-order chi connectivity index (χ1) is 9.10. The molecule has 2 aromatic rings. The van der Waals surface area contributed by atoms with Crippen molar-refractivity contribution in [3.63, 3.8) is 0 Å². The number of imidazole rings is 1. The van der Waals surface area contributed by atoms with Gasteiger partial charge in [-0.3, -0.25) is 14.3 Å². The summed E-state index contributed by atoms with van der Waals surface area (Å²) in [5.74, 6) is -0.0171. The van der Waals surface area contributed by atoms with E-state index in [9.17, 15) is 9.90 Å². The predicted octanol–water partition coefficient (Wildman–Crippen LogP) is -1.66. The minimum absolute atomic E-state index is 0.0171. The van der Waals surface area contributed by atoms with E-state index in [4.69, 9.17) is 15.6 Å². The van der Waals surface area contributed by atoms with Crippen molar-refractivity contribution in [2.24, 2.45) is 0 Å².